The summed E-state index contributed by atoms with van der Waals surface area (Å²) in [7, 11) is 1.64. The zero-order valence-corrected chi connectivity index (χ0v) is 20.7. The molecule has 188 valence electrons. The standard InChI is InChI=1S/C26H39N3O5/c1-4-21-23-22(16-26(17-27-24(23)30)9-13-33-14-10-26)29(28-21)11-6-12-34-25(31)20-8-5-7-19(15-20)18(2)32-3/h19-20H,2,4-17H2,1,3H3,(H,27,30). The maximum atomic E-state index is 12.9. The van der Waals surface area contributed by atoms with Gasteiger partial charge in [-0.2, -0.15) is 5.10 Å². The first-order chi connectivity index (χ1) is 16.5. The van der Waals surface area contributed by atoms with E-state index in [2.05, 4.69) is 11.9 Å². The van der Waals surface area contributed by atoms with Gasteiger partial charge in [0.1, 0.15) is 0 Å². The summed E-state index contributed by atoms with van der Waals surface area (Å²) in [5, 5.41) is 7.94. The average molecular weight is 474 g/mol. The first kappa shape index (κ1) is 24.8. The van der Waals surface area contributed by atoms with Crippen molar-refractivity contribution >= 4 is 11.9 Å². The van der Waals surface area contributed by atoms with E-state index in [0.717, 1.165) is 80.9 Å². The molecule has 0 aromatic carbocycles. The van der Waals surface area contributed by atoms with Crippen molar-refractivity contribution < 1.29 is 23.8 Å². The second kappa shape index (κ2) is 10.9. The summed E-state index contributed by atoms with van der Waals surface area (Å²) in [6.07, 6.45) is 7.69. The molecule has 34 heavy (non-hydrogen) atoms. The lowest BCUT2D eigenvalue weighted by Crippen LogP contribution is -2.40. The monoisotopic (exact) mass is 473 g/mol. The van der Waals surface area contributed by atoms with Gasteiger partial charge in [-0.3, -0.25) is 14.3 Å². The number of methoxy groups -OCH3 is 1. The number of rotatable bonds is 8. The largest absolute Gasteiger partial charge is 0.501 e. The lowest BCUT2D eigenvalue weighted by Gasteiger charge is -2.36. The lowest BCUT2D eigenvalue weighted by molar-refractivity contribution is -0.150. The Hall–Kier alpha value is -2.35. The minimum atomic E-state index is -0.123. The highest BCUT2D eigenvalue weighted by Crippen LogP contribution is 2.37. The van der Waals surface area contributed by atoms with Crippen LogP contribution in [0.25, 0.3) is 0 Å². The molecule has 0 bridgehead atoms. The van der Waals surface area contributed by atoms with E-state index in [1.165, 1.54) is 0 Å². The molecule has 2 atom stereocenters. The van der Waals surface area contributed by atoms with E-state index in [1.54, 1.807) is 7.11 Å². The molecule has 1 amide bonds. The Morgan fingerprint density at radius 3 is 2.79 bits per heavy atom. The number of hydrogen-bond donors (Lipinski definition) is 1. The maximum Gasteiger partial charge on any atom is 0.308 e. The van der Waals surface area contributed by atoms with E-state index in [4.69, 9.17) is 19.3 Å². The molecule has 1 aliphatic carbocycles. The van der Waals surface area contributed by atoms with Crippen LogP contribution in [0, 0.1) is 17.3 Å². The van der Waals surface area contributed by atoms with Gasteiger partial charge in [-0.1, -0.05) is 19.9 Å². The second-order valence-electron chi connectivity index (χ2n) is 10.1. The number of carbonyl (C=O) groups excluding carboxylic acids is 2. The first-order valence-corrected chi connectivity index (χ1v) is 12.8. The molecule has 8 heteroatoms. The third-order valence-corrected chi connectivity index (χ3v) is 7.90. The molecule has 3 aliphatic rings. The molecule has 0 radical (unpaired) electrons. The number of fused-ring (bicyclic) bond motifs is 1. The molecular weight excluding hydrogens is 434 g/mol. The van der Waals surface area contributed by atoms with Gasteiger partial charge in [0.05, 0.1) is 42.3 Å². The average Bonchev–Trinajstić information content (AvgIpc) is 3.15. The highest BCUT2D eigenvalue weighted by atomic mass is 16.5. The number of aromatic nitrogens is 2. The van der Waals surface area contributed by atoms with E-state index in [0.29, 0.717) is 32.5 Å². The van der Waals surface area contributed by atoms with Gasteiger partial charge < -0.3 is 19.5 Å². The molecule has 2 fully saturated rings. The number of hydrogen-bond acceptors (Lipinski definition) is 6. The van der Waals surface area contributed by atoms with Crippen molar-refractivity contribution in [3.8, 4) is 0 Å². The van der Waals surface area contributed by atoms with Crippen LogP contribution in [0.3, 0.4) is 0 Å². The molecule has 1 N–H and O–H groups in total. The van der Waals surface area contributed by atoms with Gasteiger partial charge in [-0.25, -0.2) is 0 Å². The predicted octanol–water partition coefficient (Wildman–Crippen LogP) is 3.43. The van der Waals surface area contributed by atoms with Crippen LogP contribution in [0.15, 0.2) is 12.3 Å². The minimum Gasteiger partial charge on any atom is -0.501 e. The fraction of sp³-hybridized carbons (Fsp3) is 0.731. The fourth-order valence-electron chi connectivity index (χ4n) is 5.73. The van der Waals surface area contributed by atoms with E-state index in [9.17, 15) is 9.59 Å². The predicted molar refractivity (Wildman–Crippen MR) is 127 cm³/mol. The summed E-state index contributed by atoms with van der Waals surface area (Å²) < 4.78 is 18.5. The van der Waals surface area contributed by atoms with Crippen LogP contribution < -0.4 is 5.32 Å². The summed E-state index contributed by atoms with van der Waals surface area (Å²) in [6.45, 7) is 9.13. The van der Waals surface area contributed by atoms with Gasteiger partial charge in [-0.15, -0.1) is 0 Å². The molecule has 4 rings (SSSR count). The minimum absolute atomic E-state index is 0.0163. The van der Waals surface area contributed by atoms with Crippen molar-refractivity contribution in [2.45, 2.75) is 71.3 Å². The number of allylic oxidation sites excluding steroid dienone is 1. The summed E-state index contributed by atoms with van der Waals surface area (Å²) >= 11 is 0. The molecule has 1 aromatic rings. The molecule has 1 saturated heterocycles. The maximum absolute atomic E-state index is 12.9. The van der Waals surface area contributed by atoms with Gasteiger partial charge in [0.15, 0.2) is 0 Å². The zero-order chi connectivity index (χ0) is 24.1. The quantitative estimate of drug-likeness (QED) is 0.353. The number of carbonyl (C=O) groups is 2. The van der Waals surface area contributed by atoms with Gasteiger partial charge in [-0.05, 0) is 50.4 Å². The normalized spacial score (nSPS) is 24.1. The van der Waals surface area contributed by atoms with E-state index >= 15 is 0 Å². The van der Waals surface area contributed by atoms with E-state index in [-0.39, 0.29) is 29.1 Å². The Morgan fingerprint density at radius 2 is 2.06 bits per heavy atom. The van der Waals surface area contributed by atoms with Crippen molar-refractivity contribution in [3.05, 3.63) is 29.3 Å². The van der Waals surface area contributed by atoms with Crippen LogP contribution >= 0.6 is 0 Å². The Morgan fingerprint density at radius 1 is 1.29 bits per heavy atom. The highest BCUT2D eigenvalue weighted by molar-refractivity contribution is 5.97. The third-order valence-electron chi connectivity index (χ3n) is 7.90. The van der Waals surface area contributed by atoms with Crippen molar-refractivity contribution in [1.82, 2.24) is 15.1 Å². The Balaban J connectivity index is 1.37. The summed E-state index contributed by atoms with van der Waals surface area (Å²) in [5.41, 5.74) is 2.64. The Labute approximate surface area is 202 Å². The second-order valence-corrected chi connectivity index (χ2v) is 10.1. The van der Waals surface area contributed by atoms with E-state index in [1.807, 2.05) is 11.6 Å². The van der Waals surface area contributed by atoms with Crippen LogP contribution in [0.5, 0.6) is 0 Å². The van der Waals surface area contributed by atoms with Gasteiger partial charge in [0.25, 0.3) is 5.91 Å². The van der Waals surface area contributed by atoms with Crippen LogP contribution in [0.1, 0.15) is 73.6 Å². The smallest absolute Gasteiger partial charge is 0.308 e. The topological polar surface area (TPSA) is 91.7 Å². The van der Waals surface area contributed by atoms with Gasteiger partial charge in [0.2, 0.25) is 0 Å². The van der Waals surface area contributed by atoms with Crippen molar-refractivity contribution in [3.63, 3.8) is 0 Å². The van der Waals surface area contributed by atoms with Crippen molar-refractivity contribution in [2.75, 3.05) is 33.5 Å². The highest BCUT2D eigenvalue weighted by Gasteiger charge is 2.39. The van der Waals surface area contributed by atoms with Crippen LogP contribution in [-0.4, -0.2) is 55.1 Å². The number of nitrogens with zero attached hydrogens (tertiary/aromatic N) is 2. The molecule has 3 heterocycles. The van der Waals surface area contributed by atoms with Crippen LogP contribution in [0.2, 0.25) is 0 Å². The number of nitrogens with one attached hydrogen (secondary N) is 1. The molecule has 2 aliphatic heterocycles. The van der Waals surface area contributed by atoms with Crippen LogP contribution in [0.4, 0.5) is 0 Å². The molecule has 1 saturated carbocycles. The summed E-state index contributed by atoms with van der Waals surface area (Å²) in [4.78, 5) is 25.6. The number of amides is 1. The van der Waals surface area contributed by atoms with Gasteiger partial charge >= 0.3 is 5.97 Å². The van der Waals surface area contributed by atoms with E-state index < -0.39 is 0 Å². The Kier molecular flexibility index (Phi) is 7.96. The molecule has 2 unspecified atom stereocenters. The number of aryl methyl sites for hydroxylation is 2. The SMILES string of the molecule is C=C(OC)C1CCCC(C(=O)OCCCn2nc(CC)c3c2CC2(CCOCC2)CNC3=O)C1. The molecule has 8 nitrogen and oxygen atoms in total. The van der Waals surface area contributed by atoms with Gasteiger partial charge in [0, 0.05) is 38.6 Å². The lowest BCUT2D eigenvalue weighted by atomic mass is 9.76. The van der Waals surface area contributed by atoms with Crippen molar-refractivity contribution in [2.24, 2.45) is 17.3 Å². The summed E-state index contributed by atoms with van der Waals surface area (Å²) in [6, 6.07) is 0. The molecular formula is C26H39N3O5. The number of ether oxygens (including phenoxy) is 3. The third kappa shape index (κ3) is 5.32. The molecule has 1 aromatic heterocycles. The zero-order valence-electron chi connectivity index (χ0n) is 20.7. The summed E-state index contributed by atoms with van der Waals surface area (Å²) in [5.74, 6) is 0.761. The molecule has 1 spiro atoms. The first-order valence-electron chi connectivity index (χ1n) is 12.8. The fourth-order valence-corrected chi connectivity index (χ4v) is 5.73. The van der Waals surface area contributed by atoms with Crippen molar-refractivity contribution in [1.29, 1.82) is 0 Å². The Bertz CT molecular complexity index is 902. The number of esters is 1. The van der Waals surface area contributed by atoms with Crippen LogP contribution in [-0.2, 0) is 38.4 Å².